The van der Waals surface area contributed by atoms with Gasteiger partial charge in [0.2, 0.25) is 0 Å². The number of carbonyl (C=O) groups excluding carboxylic acids is 1. The molecule has 1 heterocycles. The van der Waals surface area contributed by atoms with Gasteiger partial charge in [-0.05, 0) is 18.9 Å². The normalized spacial score (nSPS) is 13.9. The molecule has 1 aliphatic rings. The molecule has 0 atom stereocenters. The van der Waals surface area contributed by atoms with Crippen molar-refractivity contribution in [2.45, 2.75) is 12.8 Å². The zero-order valence-corrected chi connectivity index (χ0v) is 12.2. The van der Waals surface area contributed by atoms with E-state index in [0.29, 0.717) is 23.9 Å². The molecular formula is C14H13Cl2NO3. The van der Waals surface area contributed by atoms with Crippen LogP contribution in [-0.4, -0.2) is 30.7 Å². The van der Waals surface area contributed by atoms with E-state index in [0.717, 1.165) is 12.8 Å². The van der Waals surface area contributed by atoms with Crippen molar-refractivity contribution in [3.8, 4) is 23.8 Å². The van der Waals surface area contributed by atoms with Crippen LogP contribution in [0.2, 0.25) is 10.0 Å². The number of amides is 1. The third-order valence-electron chi connectivity index (χ3n) is 2.86. The zero-order valence-electron chi connectivity index (χ0n) is 10.7. The van der Waals surface area contributed by atoms with Crippen molar-refractivity contribution >= 4 is 29.3 Å². The van der Waals surface area contributed by atoms with E-state index in [1.54, 1.807) is 4.90 Å². The van der Waals surface area contributed by atoms with Crippen LogP contribution in [0.25, 0.3) is 0 Å². The van der Waals surface area contributed by atoms with Crippen molar-refractivity contribution in [1.29, 1.82) is 0 Å². The number of hydrogen-bond donors (Lipinski definition) is 0. The predicted octanol–water partition coefficient (Wildman–Crippen LogP) is 3.60. The first-order valence-corrected chi connectivity index (χ1v) is 6.89. The molecule has 0 saturated carbocycles. The van der Waals surface area contributed by atoms with Crippen LogP contribution in [0.1, 0.15) is 12.8 Å². The number of ether oxygens (including phenoxy) is 2. The van der Waals surface area contributed by atoms with Crippen LogP contribution < -0.4 is 9.47 Å². The molecule has 0 radical (unpaired) electrons. The summed E-state index contributed by atoms with van der Waals surface area (Å²) in [6.07, 6.45) is 6.67. The summed E-state index contributed by atoms with van der Waals surface area (Å²) >= 11 is 12.0. The second kappa shape index (κ2) is 6.74. The number of benzene rings is 1. The maximum atomic E-state index is 11.9. The lowest BCUT2D eigenvalue weighted by Gasteiger charge is -2.16. The topological polar surface area (TPSA) is 38.8 Å². The van der Waals surface area contributed by atoms with Gasteiger partial charge in [-0.3, -0.25) is 0 Å². The summed E-state index contributed by atoms with van der Waals surface area (Å²) in [4.78, 5) is 13.5. The van der Waals surface area contributed by atoms with Crippen molar-refractivity contribution in [3.63, 3.8) is 0 Å². The van der Waals surface area contributed by atoms with Crippen LogP contribution >= 0.6 is 23.2 Å². The summed E-state index contributed by atoms with van der Waals surface area (Å²) in [6.45, 7) is 1.47. The van der Waals surface area contributed by atoms with E-state index in [2.05, 4.69) is 5.92 Å². The largest absolute Gasteiger partial charge is 0.479 e. The molecule has 4 nitrogen and oxygen atoms in total. The van der Waals surface area contributed by atoms with E-state index in [1.165, 1.54) is 12.1 Å². The lowest BCUT2D eigenvalue weighted by Crippen LogP contribution is -2.30. The second-order valence-corrected chi connectivity index (χ2v) is 5.08. The first kappa shape index (κ1) is 14.8. The Balaban J connectivity index is 2.13. The summed E-state index contributed by atoms with van der Waals surface area (Å²) in [6, 6.07) is 2.93. The fourth-order valence-electron chi connectivity index (χ4n) is 1.88. The molecule has 20 heavy (non-hydrogen) atoms. The highest BCUT2D eigenvalue weighted by atomic mass is 35.5. The fourth-order valence-corrected chi connectivity index (χ4v) is 2.35. The molecule has 2 rings (SSSR count). The van der Waals surface area contributed by atoms with Crippen LogP contribution in [0.15, 0.2) is 12.1 Å². The number of terminal acetylenes is 1. The van der Waals surface area contributed by atoms with Crippen molar-refractivity contribution < 1.29 is 14.3 Å². The highest BCUT2D eigenvalue weighted by molar-refractivity contribution is 6.36. The van der Waals surface area contributed by atoms with Crippen molar-refractivity contribution in [2.24, 2.45) is 0 Å². The molecule has 1 fully saturated rings. The first-order chi connectivity index (χ1) is 9.61. The molecule has 1 aromatic rings. The molecule has 6 heteroatoms. The van der Waals surface area contributed by atoms with E-state index in [1.807, 2.05) is 0 Å². The van der Waals surface area contributed by atoms with Gasteiger partial charge in [-0.1, -0.05) is 29.1 Å². The smallest absolute Gasteiger partial charge is 0.415 e. The van der Waals surface area contributed by atoms with Gasteiger partial charge >= 0.3 is 6.09 Å². The SMILES string of the molecule is C#CCOc1cc(OC(=O)N2CCCC2)c(Cl)cc1Cl. The quantitative estimate of drug-likeness (QED) is 0.800. The number of hydrogen-bond acceptors (Lipinski definition) is 3. The van der Waals surface area contributed by atoms with Crippen LogP contribution in [0.4, 0.5) is 4.79 Å². The highest BCUT2D eigenvalue weighted by Gasteiger charge is 2.21. The monoisotopic (exact) mass is 313 g/mol. The average molecular weight is 314 g/mol. The fraction of sp³-hybridized carbons (Fsp3) is 0.357. The van der Waals surface area contributed by atoms with E-state index in [4.69, 9.17) is 39.1 Å². The summed E-state index contributed by atoms with van der Waals surface area (Å²) in [7, 11) is 0. The van der Waals surface area contributed by atoms with Crippen molar-refractivity contribution in [1.82, 2.24) is 4.90 Å². The minimum atomic E-state index is -0.422. The van der Waals surface area contributed by atoms with Crippen molar-refractivity contribution in [3.05, 3.63) is 22.2 Å². The van der Waals surface area contributed by atoms with Crippen LogP contribution in [-0.2, 0) is 0 Å². The van der Waals surface area contributed by atoms with Crippen LogP contribution in [0, 0.1) is 12.3 Å². The van der Waals surface area contributed by atoms with Crippen LogP contribution in [0.5, 0.6) is 11.5 Å². The van der Waals surface area contributed by atoms with E-state index in [9.17, 15) is 4.79 Å². The van der Waals surface area contributed by atoms with Gasteiger partial charge in [-0.25, -0.2) is 4.79 Å². The zero-order chi connectivity index (χ0) is 14.5. The molecule has 0 bridgehead atoms. The molecule has 0 spiro atoms. The van der Waals surface area contributed by atoms with Gasteiger partial charge in [0.25, 0.3) is 0 Å². The number of rotatable bonds is 3. The summed E-state index contributed by atoms with van der Waals surface area (Å²) in [5.41, 5.74) is 0. The molecule has 0 aliphatic carbocycles. The maximum absolute atomic E-state index is 11.9. The van der Waals surface area contributed by atoms with Gasteiger partial charge in [0, 0.05) is 19.2 Å². The Kier molecular flexibility index (Phi) is 4.99. The average Bonchev–Trinajstić information content (AvgIpc) is 2.94. The standard InChI is InChI=1S/C14H13Cl2NO3/c1-2-7-19-12-9-13(11(16)8-10(12)15)20-14(18)17-5-3-4-6-17/h1,8-9H,3-7H2. The molecule has 0 aromatic heterocycles. The van der Waals surface area contributed by atoms with Gasteiger partial charge in [0.15, 0.2) is 5.75 Å². The first-order valence-electron chi connectivity index (χ1n) is 6.14. The number of likely N-dealkylation sites (tertiary alicyclic amines) is 1. The van der Waals surface area contributed by atoms with Gasteiger partial charge in [0.1, 0.15) is 12.4 Å². The van der Waals surface area contributed by atoms with Crippen LogP contribution in [0.3, 0.4) is 0 Å². The number of halogens is 2. The minimum absolute atomic E-state index is 0.0703. The Morgan fingerprint density at radius 1 is 1.25 bits per heavy atom. The molecule has 1 aromatic carbocycles. The summed E-state index contributed by atoms with van der Waals surface area (Å²) in [5.74, 6) is 2.87. The molecule has 0 N–H and O–H groups in total. The second-order valence-electron chi connectivity index (χ2n) is 4.27. The van der Waals surface area contributed by atoms with E-state index >= 15 is 0 Å². The molecule has 0 unspecified atom stereocenters. The summed E-state index contributed by atoms with van der Waals surface area (Å²) < 4.78 is 10.5. The molecule has 1 saturated heterocycles. The summed E-state index contributed by atoms with van der Waals surface area (Å²) in [5, 5.41) is 0.557. The molecule has 1 amide bonds. The van der Waals surface area contributed by atoms with Crippen molar-refractivity contribution in [2.75, 3.05) is 19.7 Å². The highest BCUT2D eigenvalue weighted by Crippen LogP contribution is 2.36. The van der Waals surface area contributed by atoms with Gasteiger partial charge in [-0.2, -0.15) is 0 Å². The Labute approximate surface area is 127 Å². The van der Waals surface area contributed by atoms with Gasteiger partial charge in [-0.15, -0.1) is 6.42 Å². The Bertz CT molecular complexity index is 548. The number of carbonyl (C=O) groups is 1. The molecule has 1 aliphatic heterocycles. The van der Waals surface area contributed by atoms with Gasteiger partial charge < -0.3 is 14.4 Å². The molecule has 106 valence electrons. The predicted molar refractivity (Wildman–Crippen MR) is 77.6 cm³/mol. The number of nitrogens with zero attached hydrogens (tertiary/aromatic N) is 1. The maximum Gasteiger partial charge on any atom is 0.415 e. The van der Waals surface area contributed by atoms with E-state index in [-0.39, 0.29) is 17.4 Å². The lowest BCUT2D eigenvalue weighted by molar-refractivity contribution is 0.162. The molecular weight excluding hydrogens is 301 g/mol. The lowest BCUT2D eigenvalue weighted by atomic mass is 10.3. The third kappa shape index (κ3) is 3.50. The Hall–Kier alpha value is -1.57. The Morgan fingerprint density at radius 2 is 1.90 bits per heavy atom. The van der Waals surface area contributed by atoms with E-state index < -0.39 is 6.09 Å². The minimum Gasteiger partial charge on any atom is -0.479 e. The van der Waals surface area contributed by atoms with Gasteiger partial charge in [0.05, 0.1) is 10.0 Å². The Morgan fingerprint density at radius 3 is 2.55 bits per heavy atom. The third-order valence-corrected chi connectivity index (χ3v) is 3.45.